The zero-order valence-corrected chi connectivity index (χ0v) is 14.6. The van der Waals surface area contributed by atoms with Gasteiger partial charge in [-0.15, -0.1) is 5.10 Å². The number of amides is 1. The Morgan fingerprint density at radius 1 is 1.00 bits per heavy atom. The largest absolute Gasteiger partial charge is 0.326 e. The van der Waals surface area contributed by atoms with Gasteiger partial charge in [-0.3, -0.25) is 4.79 Å². The molecule has 0 saturated heterocycles. The van der Waals surface area contributed by atoms with Crippen LogP contribution in [0, 0.1) is 12.7 Å². The monoisotopic (exact) mass is 360 g/mol. The second-order valence-corrected chi connectivity index (χ2v) is 6.32. The molecular formula is C21H17FN4O. The number of benzene rings is 3. The number of fused-ring (bicyclic) bond motifs is 1. The molecular weight excluding hydrogens is 343 g/mol. The van der Waals surface area contributed by atoms with Gasteiger partial charge in [0.15, 0.2) is 6.17 Å². The van der Waals surface area contributed by atoms with E-state index < -0.39 is 6.17 Å². The van der Waals surface area contributed by atoms with Crippen LogP contribution in [0.5, 0.6) is 0 Å². The summed E-state index contributed by atoms with van der Waals surface area (Å²) in [4.78, 5) is 12.8. The molecule has 0 radical (unpaired) electrons. The van der Waals surface area contributed by atoms with Gasteiger partial charge in [0.2, 0.25) is 0 Å². The molecule has 0 bridgehead atoms. The van der Waals surface area contributed by atoms with Gasteiger partial charge in [-0.2, -0.15) is 0 Å². The molecule has 1 amide bonds. The van der Waals surface area contributed by atoms with Gasteiger partial charge in [-0.1, -0.05) is 47.2 Å². The van der Waals surface area contributed by atoms with Crippen LogP contribution in [0.4, 0.5) is 4.39 Å². The molecule has 0 spiro atoms. The minimum Gasteiger partial charge on any atom is -0.326 e. The molecule has 5 nitrogen and oxygen atoms in total. The van der Waals surface area contributed by atoms with E-state index in [0.717, 1.165) is 11.1 Å². The molecule has 1 atom stereocenters. The number of carbonyl (C=O) groups is 1. The molecule has 27 heavy (non-hydrogen) atoms. The zero-order chi connectivity index (χ0) is 18.8. The van der Waals surface area contributed by atoms with Gasteiger partial charge in [0, 0.05) is 5.56 Å². The number of rotatable bonds is 4. The highest BCUT2D eigenvalue weighted by Gasteiger charge is 2.21. The average molecular weight is 360 g/mol. The van der Waals surface area contributed by atoms with Crippen molar-refractivity contribution in [3.05, 3.63) is 95.3 Å². The molecule has 0 unspecified atom stereocenters. The molecule has 3 aromatic carbocycles. The van der Waals surface area contributed by atoms with E-state index in [1.54, 1.807) is 28.9 Å². The lowest BCUT2D eigenvalue weighted by molar-refractivity contribution is 0.0927. The molecule has 0 saturated carbocycles. The van der Waals surface area contributed by atoms with E-state index >= 15 is 0 Å². The van der Waals surface area contributed by atoms with Gasteiger partial charge in [0.25, 0.3) is 5.91 Å². The van der Waals surface area contributed by atoms with Gasteiger partial charge in [0.05, 0.1) is 5.52 Å². The maximum absolute atomic E-state index is 13.4. The number of para-hydroxylation sites is 1. The average Bonchev–Trinajstić information content (AvgIpc) is 3.11. The number of carbonyl (C=O) groups excluding carboxylic acids is 1. The smallest absolute Gasteiger partial charge is 0.253 e. The second-order valence-electron chi connectivity index (χ2n) is 6.32. The predicted molar refractivity (Wildman–Crippen MR) is 101 cm³/mol. The van der Waals surface area contributed by atoms with E-state index in [-0.39, 0.29) is 11.7 Å². The van der Waals surface area contributed by atoms with E-state index in [4.69, 9.17) is 0 Å². The van der Waals surface area contributed by atoms with Crippen molar-refractivity contribution in [1.82, 2.24) is 20.3 Å². The third kappa shape index (κ3) is 3.42. The van der Waals surface area contributed by atoms with Crippen molar-refractivity contribution in [3.63, 3.8) is 0 Å². The van der Waals surface area contributed by atoms with Crippen LogP contribution in [0.15, 0.2) is 72.8 Å². The van der Waals surface area contributed by atoms with Gasteiger partial charge < -0.3 is 5.32 Å². The quantitative estimate of drug-likeness (QED) is 0.601. The van der Waals surface area contributed by atoms with Crippen molar-refractivity contribution in [2.75, 3.05) is 0 Å². The third-order valence-corrected chi connectivity index (χ3v) is 4.39. The maximum Gasteiger partial charge on any atom is 0.253 e. The van der Waals surface area contributed by atoms with E-state index in [1.165, 1.54) is 12.1 Å². The van der Waals surface area contributed by atoms with Crippen LogP contribution in [0.1, 0.15) is 27.7 Å². The lowest BCUT2D eigenvalue weighted by Crippen LogP contribution is -2.34. The zero-order valence-electron chi connectivity index (χ0n) is 14.6. The number of nitrogens with one attached hydrogen (secondary N) is 1. The van der Waals surface area contributed by atoms with Crippen LogP contribution in [0.3, 0.4) is 0 Å². The van der Waals surface area contributed by atoms with E-state index in [1.807, 2.05) is 43.3 Å². The van der Waals surface area contributed by atoms with E-state index in [0.29, 0.717) is 16.6 Å². The Labute approximate surface area is 155 Å². The Balaban J connectivity index is 1.75. The first-order chi connectivity index (χ1) is 13.1. The first kappa shape index (κ1) is 16.9. The molecule has 4 aromatic rings. The fraction of sp³-hybridized carbons (Fsp3) is 0.0952. The molecule has 1 heterocycles. The van der Waals surface area contributed by atoms with Crippen LogP contribution in [0.25, 0.3) is 11.0 Å². The molecule has 4 rings (SSSR count). The van der Waals surface area contributed by atoms with Crippen LogP contribution < -0.4 is 5.32 Å². The molecule has 0 aliphatic rings. The summed E-state index contributed by atoms with van der Waals surface area (Å²) >= 11 is 0. The summed E-state index contributed by atoms with van der Waals surface area (Å²) < 4.78 is 15.0. The molecule has 134 valence electrons. The van der Waals surface area contributed by atoms with Crippen molar-refractivity contribution in [1.29, 1.82) is 0 Å². The van der Waals surface area contributed by atoms with Gasteiger partial charge in [-0.25, -0.2) is 9.07 Å². The van der Waals surface area contributed by atoms with Gasteiger partial charge in [-0.05, 0) is 48.9 Å². The van der Waals surface area contributed by atoms with Gasteiger partial charge >= 0.3 is 0 Å². The Kier molecular flexibility index (Phi) is 4.38. The lowest BCUT2D eigenvalue weighted by atomic mass is 10.1. The number of aromatic nitrogens is 3. The van der Waals surface area contributed by atoms with Crippen molar-refractivity contribution in [2.45, 2.75) is 13.1 Å². The van der Waals surface area contributed by atoms with Crippen molar-refractivity contribution in [3.8, 4) is 0 Å². The number of hydrogen-bond donors (Lipinski definition) is 1. The molecule has 0 aliphatic carbocycles. The normalized spacial score (nSPS) is 12.1. The van der Waals surface area contributed by atoms with Gasteiger partial charge in [0.1, 0.15) is 11.3 Å². The summed E-state index contributed by atoms with van der Waals surface area (Å²) in [5, 5.41) is 11.4. The number of nitrogens with zero attached hydrogens (tertiary/aromatic N) is 3. The maximum atomic E-state index is 13.4. The highest BCUT2D eigenvalue weighted by atomic mass is 19.1. The van der Waals surface area contributed by atoms with Crippen molar-refractivity contribution < 1.29 is 9.18 Å². The second kappa shape index (κ2) is 6.99. The Bertz CT molecular complexity index is 1090. The lowest BCUT2D eigenvalue weighted by Gasteiger charge is -2.20. The van der Waals surface area contributed by atoms with Crippen molar-refractivity contribution in [2.24, 2.45) is 0 Å². The van der Waals surface area contributed by atoms with E-state index in [2.05, 4.69) is 15.6 Å². The Morgan fingerprint density at radius 2 is 1.70 bits per heavy atom. The fourth-order valence-corrected chi connectivity index (χ4v) is 2.92. The number of aryl methyl sites for hydroxylation is 1. The SMILES string of the molecule is Cc1ccc(C(=O)N[C@@H](c2ccc(F)cc2)n2nnc3ccccc32)cc1. The Hall–Kier alpha value is -3.54. The molecule has 0 aliphatic heterocycles. The first-order valence-electron chi connectivity index (χ1n) is 8.55. The minimum atomic E-state index is -0.619. The van der Waals surface area contributed by atoms with Crippen molar-refractivity contribution >= 4 is 16.9 Å². The summed E-state index contributed by atoms with van der Waals surface area (Å²) in [6.45, 7) is 1.96. The summed E-state index contributed by atoms with van der Waals surface area (Å²) in [5.74, 6) is -0.588. The summed E-state index contributed by atoms with van der Waals surface area (Å²) in [7, 11) is 0. The van der Waals surface area contributed by atoms with Crippen LogP contribution in [0.2, 0.25) is 0 Å². The third-order valence-electron chi connectivity index (χ3n) is 4.39. The predicted octanol–water partition coefficient (Wildman–Crippen LogP) is 3.86. The Morgan fingerprint density at radius 3 is 2.44 bits per heavy atom. The molecule has 1 N–H and O–H groups in total. The number of hydrogen-bond acceptors (Lipinski definition) is 3. The fourth-order valence-electron chi connectivity index (χ4n) is 2.92. The topological polar surface area (TPSA) is 59.8 Å². The number of halogens is 1. The summed E-state index contributed by atoms with van der Waals surface area (Å²) in [5.41, 5.74) is 3.80. The standard InChI is InChI=1S/C21H17FN4O/c1-14-6-8-16(9-7-14)21(27)23-20(15-10-12-17(22)13-11-15)26-19-5-3-2-4-18(19)24-25-26/h2-13,20H,1H3,(H,23,27)/t20-/m1/s1. The summed E-state index contributed by atoms with van der Waals surface area (Å²) in [6.07, 6.45) is -0.619. The highest BCUT2D eigenvalue weighted by molar-refractivity contribution is 5.94. The highest BCUT2D eigenvalue weighted by Crippen LogP contribution is 2.21. The minimum absolute atomic E-state index is 0.246. The summed E-state index contributed by atoms with van der Waals surface area (Å²) in [6, 6.07) is 20.8. The van der Waals surface area contributed by atoms with Crippen LogP contribution in [-0.4, -0.2) is 20.9 Å². The molecule has 0 fully saturated rings. The first-order valence-corrected chi connectivity index (χ1v) is 8.55. The van der Waals surface area contributed by atoms with Crippen LogP contribution >= 0.6 is 0 Å². The molecule has 6 heteroatoms. The van der Waals surface area contributed by atoms with Crippen LogP contribution in [-0.2, 0) is 0 Å². The molecule has 1 aromatic heterocycles. The van der Waals surface area contributed by atoms with E-state index in [9.17, 15) is 9.18 Å².